The average molecular weight is 432 g/mol. The molecule has 0 aromatic heterocycles. The van der Waals surface area contributed by atoms with Crippen LogP contribution in [0.4, 0.5) is 4.39 Å². The van der Waals surface area contributed by atoms with E-state index < -0.39 is 17.3 Å². The Balaban J connectivity index is 1.54. The number of primary amides is 1. The quantitative estimate of drug-likeness (QED) is 0.649. The van der Waals surface area contributed by atoms with Crippen LogP contribution >= 0.6 is 0 Å². The van der Waals surface area contributed by atoms with E-state index in [0.717, 1.165) is 16.7 Å². The lowest BCUT2D eigenvalue weighted by Gasteiger charge is -2.41. The molecule has 164 valence electrons. The number of ether oxygens (including phenoxy) is 1. The molecule has 0 aliphatic carbocycles. The van der Waals surface area contributed by atoms with Crippen LogP contribution in [-0.4, -0.2) is 42.0 Å². The fourth-order valence-corrected chi connectivity index (χ4v) is 4.08. The van der Waals surface area contributed by atoms with Gasteiger partial charge in [0.2, 0.25) is 5.91 Å². The molecular formula is C26H25FN2O3. The van der Waals surface area contributed by atoms with E-state index in [1.54, 1.807) is 23.1 Å². The van der Waals surface area contributed by atoms with Crippen molar-refractivity contribution in [2.75, 3.05) is 19.7 Å². The van der Waals surface area contributed by atoms with Gasteiger partial charge >= 0.3 is 0 Å². The second-order valence-electron chi connectivity index (χ2n) is 8.03. The van der Waals surface area contributed by atoms with Crippen molar-refractivity contribution < 1.29 is 18.7 Å². The molecule has 1 saturated heterocycles. The van der Waals surface area contributed by atoms with Gasteiger partial charge in [0, 0.05) is 13.0 Å². The first-order chi connectivity index (χ1) is 15.5. The van der Waals surface area contributed by atoms with Crippen LogP contribution in [-0.2, 0) is 27.2 Å². The van der Waals surface area contributed by atoms with Crippen molar-refractivity contribution in [3.63, 3.8) is 0 Å². The summed E-state index contributed by atoms with van der Waals surface area (Å²) in [6, 6.07) is 24.0. The Morgan fingerprint density at radius 2 is 1.69 bits per heavy atom. The summed E-state index contributed by atoms with van der Waals surface area (Å²) in [6.45, 7) is 0.544. The number of benzene rings is 3. The molecule has 0 radical (unpaired) electrons. The van der Waals surface area contributed by atoms with E-state index in [2.05, 4.69) is 0 Å². The third kappa shape index (κ3) is 4.70. The van der Waals surface area contributed by atoms with Crippen molar-refractivity contribution in [1.82, 2.24) is 4.90 Å². The van der Waals surface area contributed by atoms with Gasteiger partial charge in [-0.3, -0.25) is 9.59 Å². The lowest BCUT2D eigenvalue weighted by molar-refractivity contribution is -0.163. The van der Waals surface area contributed by atoms with E-state index in [9.17, 15) is 14.0 Å². The van der Waals surface area contributed by atoms with Crippen LogP contribution in [0.15, 0.2) is 78.9 Å². The van der Waals surface area contributed by atoms with Crippen LogP contribution in [0.25, 0.3) is 11.1 Å². The van der Waals surface area contributed by atoms with Crippen molar-refractivity contribution in [3.05, 3.63) is 95.8 Å². The molecule has 1 aliphatic rings. The Kier molecular flexibility index (Phi) is 6.32. The zero-order valence-corrected chi connectivity index (χ0v) is 17.7. The molecule has 0 saturated carbocycles. The van der Waals surface area contributed by atoms with Gasteiger partial charge in [0.05, 0.1) is 19.6 Å². The largest absolute Gasteiger partial charge is 0.367 e. The number of halogens is 1. The van der Waals surface area contributed by atoms with E-state index >= 15 is 0 Å². The summed E-state index contributed by atoms with van der Waals surface area (Å²) in [5, 5.41) is 0. The minimum absolute atomic E-state index is 0.0329. The summed E-state index contributed by atoms with van der Waals surface area (Å²) < 4.78 is 19.9. The van der Waals surface area contributed by atoms with Crippen molar-refractivity contribution in [2.45, 2.75) is 18.4 Å². The molecule has 1 fully saturated rings. The standard InChI is InChI=1S/C26H25FN2O3/c27-23-12-5-4-10-22(23)16-24(30)29-13-14-32-26(18-29,25(28)31)17-19-7-6-11-21(15-19)20-8-2-1-3-9-20/h1-12,15H,13-14,16-18H2,(H2,28,31). The van der Waals surface area contributed by atoms with Crippen molar-refractivity contribution >= 4 is 11.8 Å². The highest BCUT2D eigenvalue weighted by molar-refractivity contribution is 5.86. The Hall–Kier alpha value is -3.51. The van der Waals surface area contributed by atoms with Crippen LogP contribution in [0.5, 0.6) is 0 Å². The topological polar surface area (TPSA) is 72.6 Å². The fourth-order valence-electron chi connectivity index (χ4n) is 4.08. The number of amides is 2. The molecule has 5 nitrogen and oxygen atoms in total. The predicted molar refractivity (Wildman–Crippen MR) is 120 cm³/mol. The van der Waals surface area contributed by atoms with Gasteiger partial charge in [-0.1, -0.05) is 72.8 Å². The molecule has 3 aromatic rings. The Morgan fingerprint density at radius 1 is 0.969 bits per heavy atom. The third-order valence-electron chi connectivity index (χ3n) is 5.81. The van der Waals surface area contributed by atoms with Gasteiger partial charge in [0.15, 0.2) is 5.60 Å². The maximum Gasteiger partial charge on any atom is 0.251 e. The molecule has 1 atom stereocenters. The maximum absolute atomic E-state index is 14.0. The molecule has 0 bridgehead atoms. The normalized spacial score (nSPS) is 18.3. The summed E-state index contributed by atoms with van der Waals surface area (Å²) >= 11 is 0. The Morgan fingerprint density at radius 3 is 2.44 bits per heavy atom. The van der Waals surface area contributed by atoms with Crippen LogP contribution in [0.1, 0.15) is 11.1 Å². The summed E-state index contributed by atoms with van der Waals surface area (Å²) in [4.78, 5) is 26.9. The summed E-state index contributed by atoms with van der Waals surface area (Å²) in [7, 11) is 0. The first-order valence-electron chi connectivity index (χ1n) is 10.6. The Bertz CT molecular complexity index is 1120. The highest BCUT2D eigenvalue weighted by Crippen LogP contribution is 2.27. The van der Waals surface area contributed by atoms with Crippen molar-refractivity contribution in [3.8, 4) is 11.1 Å². The van der Waals surface area contributed by atoms with Crippen molar-refractivity contribution in [2.24, 2.45) is 5.73 Å². The van der Waals surface area contributed by atoms with Crippen LogP contribution < -0.4 is 5.73 Å². The number of rotatable bonds is 6. The molecule has 1 heterocycles. The molecule has 6 heteroatoms. The molecule has 0 spiro atoms. The second-order valence-corrected chi connectivity index (χ2v) is 8.03. The minimum Gasteiger partial charge on any atom is -0.367 e. The number of carbonyl (C=O) groups is 2. The lowest BCUT2D eigenvalue weighted by atomic mass is 9.90. The molecule has 2 amide bonds. The van der Waals surface area contributed by atoms with Crippen molar-refractivity contribution in [1.29, 1.82) is 0 Å². The highest BCUT2D eigenvalue weighted by Gasteiger charge is 2.43. The first kappa shape index (κ1) is 21.7. The predicted octanol–water partition coefficient (Wildman–Crippen LogP) is 3.36. The Labute approximate surface area is 186 Å². The number of morpholine rings is 1. The highest BCUT2D eigenvalue weighted by atomic mass is 19.1. The van der Waals surface area contributed by atoms with Gasteiger partial charge in [-0.2, -0.15) is 0 Å². The second kappa shape index (κ2) is 9.32. The monoisotopic (exact) mass is 432 g/mol. The van der Waals surface area contributed by atoms with E-state index in [1.807, 2.05) is 54.6 Å². The zero-order valence-electron chi connectivity index (χ0n) is 17.7. The smallest absolute Gasteiger partial charge is 0.251 e. The van der Waals surface area contributed by atoms with Gasteiger partial charge in [0.1, 0.15) is 5.82 Å². The number of carbonyl (C=O) groups excluding carboxylic acids is 2. The fraction of sp³-hybridized carbons (Fsp3) is 0.231. The molecule has 32 heavy (non-hydrogen) atoms. The van der Waals surface area contributed by atoms with E-state index in [4.69, 9.17) is 10.5 Å². The van der Waals surface area contributed by atoms with E-state index in [-0.39, 0.29) is 31.9 Å². The SMILES string of the molecule is NC(=O)C1(Cc2cccc(-c3ccccc3)c2)CN(C(=O)Cc2ccccc2F)CCO1. The van der Waals surface area contributed by atoms with Gasteiger partial charge in [-0.05, 0) is 28.3 Å². The van der Waals surface area contributed by atoms with Gasteiger partial charge < -0.3 is 15.4 Å². The lowest BCUT2D eigenvalue weighted by Crippen LogP contribution is -2.61. The summed E-state index contributed by atoms with van der Waals surface area (Å²) in [5.74, 6) is -1.30. The minimum atomic E-state index is -1.33. The van der Waals surface area contributed by atoms with Crippen LogP contribution in [0, 0.1) is 5.82 Å². The van der Waals surface area contributed by atoms with Crippen LogP contribution in [0.3, 0.4) is 0 Å². The zero-order chi connectivity index (χ0) is 22.6. The van der Waals surface area contributed by atoms with Crippen LogP contribution in [0.2, 0.25) is 0 Å². The molecule has 3 aromatic carbocycles. The molecule has 2 N–H and O–H groups in total. The molecule has 4 rings (SSSR count). The number of hydrogen-bond donors (Lipinski definition) is 1. The number of hydrogen-bond acceptors (Lipinski definition) is 3. The molecule has 1 aliphatic heterocycles. The van der Waals surface area contributed by atoms with Gasteiger partial charge in [-0.15, -0.1) is 0 Å². The molecule has 1 unspecified atom stereocenters. The van der Waals surface area contributed by atoms with Gasteiger partial charge in [0.25, 0.3) is 5.91 Å². The first-order valence-corrected chi connectivity index (χ1v) is 10.6. The maximum atomic E-state index is 14.0. The summed E-state index contributed by atoms with van der Waals surface area (Å²) in [6.07, 6.45) is 0.164. The third-order valence-corrected chi connectivity index (χ3v) is 5.81. The molecular weight excluding hydrogens is 407 g/mol. The van der Waals surface area contributed by atoms with E-state index in [0.29, 0.717) is 12.1 Å². The van der Waals surface area contributed by atoms with Gasteiger partial charge in [-0.25, -0.2) is 4.39 Å². The number of nitrogens with zero attached hydrogens (tertiary/aromatic N) is 1. The van der Waals surface area contributed by atoms with E-state index in [1.165, 1.54) is 6.07 Å². The summed E-state index contributed by atoms with van der Waals surface area (Å²) in [5.41, 5.74) is 7.73. The average Bonchev–Trinajstić information content (AvgIpc) is 2.81. The number of nitrogens with two attached hydrogens (primary N) is 1.